The average molecular weight is 399 g/mol. The van der Waals surface area contributed by atoms with Gasteiger partial charge in [0, 0.05) is 6.54 Å². The molecule has 2 aromatic rings. The molecule has 0 aliphatic carbocycles. The lowest BCUT2D eigenvalue weighted by Gasteiger charge is -2.32. The summed E-state index contributed by atoms with van der Waals surface area (Å²) in [6, 6.07) is 16.7. The molecule has 0 amide bonds. The minimum atomic E-state index is -0.891. The van der Waals surface area contributed by atoms with Gasteiger partial charge in [0.1, 0.15) is 0 Å². The van der Waals surface area contributed by atoms with Gasteiger partial charge in [0.05, 0.1) is 11.5 Å². The van der Waals surface area contributed by atoms with E-state index in [-0.39, 0.29) is 5.92 Å². The normalized spacial score (nSPS) is 13.4. The van der Waals surface area contributed by atoms with Gasteiger partial charge >= 0.3 is 0 Å². The number of nitrogens with zero attached hydrogens (tertiary/aromatic N) is 2. The third-order valence-electron chi connectivity index (χ3n) is 5.76. The van der Waals surface area contributed by atoms with E-state index < -0.39 is 17.0 Å². The highest BCUT2D eigenvalue weighted by Crippen LogP contribution is 2.37. The van der Waals surface area contributed by atoms with Gasteiger partial charge in [-0.2, -0.15) is 5.26 Å². The lowest BCUT2D eigenvalue weighted by Crippen LogP contribution is -2.34. The fourth-order valence-electron chi connectivity index (χ4n) is 3.95. The SMILES string of the molecule is CCCN(CCCC(C#N)(c1ccc(F)c(F)c1)C(C)C)CCc1ccccc1. The second-order valence-electron chi connectivity index (χ2n) is 8.05. The maximum atomic E-state index is 13.8. The number of hydrogen-bond acceptors (Lipinski definition) is 2. The zero-order valence-corrected chi connectivity index (χ0v) is 17.8. The van der Waals surface area contributed by atoms with Crippen molar-refractivity contribution in [1.82, 2.24) is 4.90 Å². The van der Waals surface area contributed by atoms with Crippen molar-refractivity contribution in [3.8, 4) is 6.07 Å². The summed E-state index contributed by atoms with van der Waals surface area (Å²) in [6.07, 6.45) is 3.53. The van der Waals surface area contributed by atoms with E-state index in [0.717, 1.165) is 45.0 Å². The summed E-state index contributed by atoms with van der Waals surface area (Å²) in [7, 11) is 0. The first kappa shape index (κ1) is 23.0. The Morgan fingerprint density at radius 1 is 1.00 bits per heavy atom. The lowest BCUT2D eigenvalue weighted by atomic mass is 9.70. The van der Waals surface area contributed by atoms with Crippen LogP contribution in [0.2, 0.25) is 0 Å². The van der Waals surface area contributed by atoms with Crippen molar-refractivity contribution in [2.24, 2.45) is 5.92 Å². The second-order valence-corrected chi connectivity index (χ2v) is 8.05. The lowest BCUT2D eigenvalue weighted by molar-refractivity contribution is 0.253. The van der Waals surface area contributed by atoms with Gasteiger partial charge in [-0.3, -0.25) is 0 Å². The minimum Gasteiger partial charge on any atom is -0.303 e. The molecule has 2 aromatic carbocycles. The molecular weight excluding hydrogens is 366 g/mol. The molecule has 156 valence electrons. The van der Waals surface area contributed by atoms with Crippen LogP contribution < -0.4 is 0 Å². The Kier molecular flexibility index (Phi) is 8.79. The van der Waals surface area contributed by atoms with Gasteiger partial charge in [0.25, 0.3) is 0 Å². The Labute approximate surface area is 174 Å². The molecule has 0 aromatic heterocycles. The third kappa shape index (κ3) is 6.11. The largest absolute Gasteiger partial charge is 0.303 e. The molecular formula is C25H32F2N2. The van der Waals surface area contributed by atoms with Crippen LogP contribution in [0, 0.1) is 28.9 Å². The monoisotopic (exact) mass is 398 g/mol. The summed E-state index contributed by atoms with van der Waals surface area (Å²) in [5.74, 6) is -1.76. The molecule has 0 heterocycles. The molecule has 2 rings (SSSR count). The standard InChI is InChI=1S/C25H32F2N2/c1-4-15-29(17-13-21-9-6-5-7-10-21)16-8-14-25(19-28,20(2)3)22-11-12-23(26)24(27)18-22/h5-7,9-12,18,20H,4,8,13-17H2,1-3H3. The quantitative estimate of drug-likeness (QED) is 0.456. The Hall–Kier alpha value is -2.25. The van der Waals surface area contributed by atoms with Crippen molar-refractivity contribution in [3.05, 3.63) is 71.3 Å². The number of benzene rings is 2. The van der Waals surface area contributed by atoms with E-state index >= 15 is 0 Å². The Morgan fingerprint density at radius 2 is 1.72 bits per heavy atom. The van der Waals surface area contributed by atoms with Crippen LogP contribution in [-0.2, 0) is 11.8 Å². The van der Waals surface area contributed by atoms with E-state index in [9.17, 15) is 14.0 Å². The smallest absolute Gasteiger partial charge is 0.159 e. The number of hydrogen-bond donors (Lipinski definition) is 0. The van der Waals surface area contributed by atoms with Gasteiger partial charge in [-0.25, -0.2) is 8.78 Å². The predicted molar refractivity (Wildman–Crippen MR) is 115 cm³/mol. The highest BCUT2D eigenvalue weighted by Gasteiger charge is 2.36. The number of rotatable bonds is 11. The zero-order valence-electron chi connectivity index (χ0n) is 17.8. The van der Waals surface area contributed by atoms with Crippen LogP contribution in [0.1, 0.15) is 51.2 Å². The molecule has 0 bridgehead atoms. The van der Waals surface area contributed by atoms with Crippen LogP contribution in [0.3, 0.4) is 0 Å². The van der Waals surface area contributed by atoms with E-state index in [0.29, 0.717) is 12.0 Å². The Balaban J connectivity index is 2.05. The molecule has 0 radical (unpaired) electrons. The average Bonchev–Trinajstić information content (AvgIpc) is 2.72. The molecule has 1 atom stereocenters. The van der Waals surface area contributed by atoms with Crippen LogP contribution in [-0.4, -0.2) is 24.5 Å². The van der Waals surface area contributed by atoms with E-state index in [1.807, 2.05) is 19.9 Å². The number of halogens is 2. The van der Waals surface area contributed by atoms with Gasteiger partial charge in [0.15, 0.2) is 11.6 Å². The van der Waals surface area contributed by atoms with E-state index in [1.54, 1.807) is 6.07 Å². The minimum absolute atomic E-state index is 0.00121. The fourth-order valence-corrected chi connectivity index (χ4v) is 3.95. The third-order valence-corrected chi connectivity index (χ3v) is 5.76. The van der Waals surface area contributed by atoms with Crippen molar-refractivity contribution >= 4 is 0 Å². The van der Waals surface area contributed by atoms with E-state index in [4.69, 9.17) is 0 Å². The first-order valence-corrected chi connectivity index (χ1v) is 10.6. The summed E-state index contributed by atoms with van der Waals surface area (Å²) >= 11 is 0. The molecule has 1 unspecified atom stereocenters. The van der Waals surface area contributed by atoms with Crippen molar-refractivity contribution < 1.29 is 8.78 Å². The molecule has 0 saturated carbocycles. The van der Waals surface area contributed by atoms with E-state index in [2.05, 4.69) is 42.2 Å². The summed E-state index contributed by atoms with van der Waals surface area (Å²) in [5.41, 5.74) is 1.08. The fraction of sp³-hybridized carbons (Fsp3) is 0.480. The molecule has 0 aliphatic heterocycles. The first-order chi connectivity index (χ1) is 13.9. The van der Waals surface area contributed by atoms with Crippen LogP contribution in [0.15, 0.2) is 48.5 Å². The van der Waals surface area contributed by atoms with Crippen molar-refractivity contribution in [2.45, 2.75) is 51.9 Å². The Morgan fingerprint density at radius 3 is 2.31 bits per heavy atom. The van der Waals surface area contributed by atoms with Crippen LogP contribution in [0.4, 0.5) is 8.78 Å². The van der Waals surface area contributed by atoms with Gasteiger partial charge < -0.3 is 4.90 Å². The van der Waals surface area contributed by atoms with Crippen LogP contribution in [0.5, 0.6) is 0 Å². The van der Waals surface area contributed by atoms with Gasteiger partial charge in [-0.15, -0.1) is 0 Å². The van der Waals surface area contributed by atoms with Crippen LogP contribution in [0.25, 0.3) is 0 Å². The summed E-state index contributed by atoms with van der Waals surface area (Å²) < 4.78 is 27.2. The zero-order chi connectivity index (χ0) is 21.3. The maximum Gasteiger partial charge on any atom is 0.159 e. The van der Waals surface area contributed by atoms with Crippen molar-refractivity contribution in [3.63, 3.8) is 0 Å². The number of nitriles is 1. The molecule has 0 N–H and O–H groups in total. The van der Waals surface area contributed by atoms with Crippen molar-refractivity contribution in [1.29, 1.82) is 5.26 Å². The molecule has 0 aliphatic rings. The Bertz CT molecular complexity index is 798. The highest BCUT2D eigenvalue weighted by molar-refractivity contribution is 5.34. The second kappa shape index (κ2) is 11.1. The first-order valence-electron chi connectivity index (χ1n) is 10.6. The molecule has 0 fully saturated rings. The summed E-state index contributed by atoms with van der Waals surface area (Å²) in [4.78, 5) is 2.43. The summed E-state index contributed by atoms with van der Waals surface area (Å²) in [5, 5.41) is 10.0. The predicted octanol–water partition coefficient (Wildman–Crippen LogP) is 6.12. The molecule has 4 heteroatoms. The van der Waals surface area contributed by atoms with Crippen molar-refractivity contribution in [2.75, 3.05) is 19.6 Å². The van der Waals surface area contributed by atoms with Crippen LogP contribution >= 0.6 is 0 Å². The molecule has 2 nitrogen and oxygen atoms in total. The molecule has 29 heavy (non-hydrogen) atoms. The topological polar surface area (TPSA) is 27.0 Å². The van der Waals surface area contributed by atoms with Gasteiger partial charge in [0.2, 0.25) is 0 Å². The summed E-state index contributed by atoms with van der Waals surface area (Å²) in [6.45, 7) is 9.00. The highest BCUT2D eigenvalue weighted by atomic mass is 19.2. The molecule has 0 saturated heterocycles. The van der Waals surface area contributed by atoms with Gasteiger partial charge in [-0.05, 0) is 68.0 Å². The van der Waals surface area contributed by atoms with E-state index in [1.165, 1.54) is 11.6 Å². The maximum absolute atomic E-state index is 13.8. The van der Waals surface area contributed by atoms with Gasteiger partial charge in [-0.1, -0.05) is 57.2 Å². The molecule has 0 spiro atoms.